The molecule has 0 bridgehead atoms. The summed E-state index contributed by atoms with van der Waals surface area (Å²) in [6.45, 7) is 7.66. The Kier molecular flexibility index (Phi) is 7.34. The first-order valence-corrected chi connectivity index (χ1v) is 11.1. The van der Waals surface area contributed by atoms with Gasteiger partial charge in [0.05, 0.1) is 5.52 Å². The van der Waals surface area contributed by atoms with Crippen molar-refractivity contribution < 1.29 is 9.53 Å². The number of benzene rings is 1. The molecule has 0 saturated heterocycles. The second-order valence-corrected chi connectivity index (χ2v) is 8.52. The quantitative estimate of drug-likeness (QED) is 0.706. The maximum absolute atomic E-state index is 12.6. The maximum Gasteiger partial charge on any atom is 0.257 e. The van der Waals surface area contributed by atoms with Crippen molar-refractivity contribution in [1.29, 1.82) is 0 Å². The molecule has 1 aromatic heterocycles. The molecule has 0 aliphatic heterocycles. The van der Waals surface area contributed by atoms with Crippen molar-refractivity contribution in [3.8, 4) is 5.75 Å². The molecule has 0 radical (unpaired) electrons. The summed E-state index contributed by atoms with van der Waals surface area (Å²) in [5.41, 5.74) is 1.95. The number of carbonyl (C=O) groups is 1. The number of nitrogens with zero attached hydrogens (tertiary/aromatic N) is 1. The minimum atomic E-state index is -0.0856. The fraction of sp³-hybridized carbons (Fsp3) is 0.583. The van der Waals surface area contributed by atoms with Crippen LogP contribution >= 0.6 is 0 Å². The number of fused-ring (bicyclic) bond motifs is 1. The number of pyridine rings is 1. The molecule has 29 heavy (non-hydrogen) atoms. The second-order valence-electron chi connectivity index (χ2n) is 8.52. The summed E-state index contributed by atoms with van der Waals surface area (Å²) in [5, 5.41) is 4.08. The first-order chi connectivity index (χ1) is 14.0. The fourth-order valence-electron chi connectivity index (χ4n) is 4.26. The lowest BCUT2D eigenvalue weighted by Crippen LogP contribution is -2.33. The SMILES string of the molecule is CCCn1c(=O)cc(C(C)C)c2ccc(OCC(=O)NCC3CCCCC3)cc21. The minimum absolute atomic E-state index is 0.000107. The molecule has 1 saturated carbocycles. The fourth-order valence-corrected chi connectivity index (χ4v) is 4.26. The van der Waals surface area contributed by atoms with Crippen LogP contribution in [0.1, 0.15) is 70.8 Å². The van der Waals surface area contributed by atoms with Crippen molar-refractivity contribution in [2.45, 2.75) is 71.8 Å². The molecule has 5 nitrogen and oxygen atoms in total. The van der Waals surface area contributed by atoms with E-state index in [1.165, 1.54) is 32.1 Å². The summed E-state index contributed by atoms with van der Waals surface area (Å²) in [6, 6.07) is 7.55. The van der Waals surface area contributed by atoms with Crippen molar-refractivity contribution in [2.75, 3.05) is 13.2 Å². The molecule has 158 valence electrons. The Balaban J connectivity index is 1.71. The van der Waals surface area contributed by atoms with Gasteiger partial charge in [0.1, 0.15) is 5.75 Å². The van der Waals surface area contributed by atoms with Crippen LogP contribution in [-0.2, 0) is 11.3 Å². The van der Waals surface area contributed by atoms with E-state index in [9.17, 15) is 9.59 Å². The Hall–Kier alpha value is -2.30. The number of carbonyl (C=O) groups excluding carboxylic acids is 1. The van der Waals surface area contributed by atoms with Crippen LogP contribution in [-0.4, -0.2) is 23.6 Å². The van der Waals surface area contributed by atoms with Crippen LogP contribution in [0.25, 0.3) is 10.9 Å². The molecule has 0 atom stereocenters. The summed E-state index contributed by atoms with van der Waals surface area (Å²) in [5.74, 6) is 1.40. The number of ether oxygens (including phenoxy) is 1. The van der Waals surface area contributed by atoms with Gasteiger partial charge in [0.15, 0.2) is 6.61 Å². The molecule has 1 heterocycles. The van der Waals surface area contributed by atoms with Crippen molar-refractivity contribution >= 4 is 16.8 Å². The van der Waals surface area contributed by atoms with E-state index in [0.717, 1.165) is 29.4 Å². The van der Waals surface area contributed by atoms with E-state index in [-0.39, 0.29) is 24.0 Å². The Morgan fingerprint density at radius 2 is 1.97 bits per heavy atom. The van der Waals surface area contributed by atoms with Gasteiger partial charge in [0.25, 0.3) is 11.5 Å². The van der Waals surface area contributed by atoms with E-state index in [1.54, 1.807) is 10.6 Å². The summed E-state index contributed by atoms with van der Waals surface area (Å²) in [6.07, 6.45) is 7.15. The monoisotopic (exact) mass is 398 g/mol. The van der Waals surface area contributed by atoms with Gasteiger partial charge in [-0.2, -0.15) is 0 Å². The minimum Gasteiger partial charge on any atom is -0.484 e. The molecule has 2 aromatic rings. The van der Waals surface area contributed by atoms with Gasteiger partial charge in [-0.3, -0.25) is 9.59 Å². The molecule has 1 fully saturated rings. The van der Waals surface area contributed by atoms with Gasteiger partial charge < -0.3 is 14.6 Å². The van der Waals surface area contributed by atoms with Crippen molar-refractivity contribution in [2.24, 2.45) is 5.92 Å². The largest absolute Gasteiger partial charge is 0.484 e. The van der Waals surface area contributed by atoms with Crippen LogP contribution in [0.2, 0.25) is 0 Å². The van der Waals surface area contributed by atoms with Crippen LogP contribution in [0.5, 0.6) is 5.75 Å². The third-order valence-corrected chi connectivity index (χ3v) is 5.87. The average Bonchev–Trinajstić information content (AvgIpc) is 2.73. The van der Waals surface area contributed by atoms with E-state index in [0.29, 0.717) is 18.2 Å². The first-order valence-electron chi connectivity index (χ1n) is 11.1. The van der Waals surface area contributed by atoms with Crippen LogP contribution < -0.4 is 15.6 Å². The molecule has 1 amide bonds. The zero-order chi connectivity index (χ0) is 20.8. The van der Waals surface area contributed by atoms with Gasteiger partial charge in [0, 0.05) is 30.6 Å². The molecule has 3 rings (SSSR count). The number of aromatic nitrogens is 1. The molecular weight excluding hydrogens is 364 g/mol. The number of rotatable bonds is 8. The molecule has 0 unspecified atom stereocenters. The molecular formula is C24H34N2O3. The number of aryl methyl sites for hydroxylation is 1. The predicted octanol–water partition coefficient (Wildman–Crippen LogP) is 4.61. The van der Waals surface area contributed by atoms with E-state index in [2.05, 4.69) is 26.1 Å². The predicted molar refractivity (Wildman–Crippen MR) is 118 cm³/mol. The van der Waals surface area contributed by atoms with Gasteiger partial charge in [-0.25, -0.2) is 0 Å². The summed E-state index contributed by atoms with van der Waals surface area (Å²) < 4.78 is 7.56. The van der Waals surface area contributed by atoms with Crippen molar-refractivity contribution in [1.82, 2.24) is 9.88 Å². The van der Waals surface area contributed by atoms with E-state index < -0.39 is 0 Å². The highest BCUT2D eigenvalue weighted by molar-refractivity contribution is 5.84. The Labute approximate surface area is 173 Å². The van der Waals surface area contributed by atoms with Crippen molar-refractivity contribution in [3.05, 3.63) is 40.2 Å². The number of amides is 1. The molecule has 1 N–H and O–H groups in total. The summed E-state index contributed by atoms with van der Waals surface area (Å²) in [7, 11) is 0. The lowest BCUT2D eigenvalue weighted by Gasteiger charge is -2.21. The summed E-state index contributed by atoms with van der Waals surface area (Å²) in [4.78, 5) is 24.8. The standard InChI is InChI=1S/C24H34N2O3/c1-4-12-26-22-13-19(10-11-20(22)21(17(2)3)14-24(26)28)29-16-23(27)25-15-18-8-6-5-7-9-18/h10-11,13-14,17-18H,4-9,12,15-16H2,1-3H3,(H,25,27). The van der Waals surface area contributed by atoms with Gasteiger partial charge >= 0.3 is 0 Å². The molecule has 1 aliphatic rings. The highest BCUT2D eigenvalue weighted by Gasteiger charge is 2.15. The number of nitrogens with one attached hydrogen (secondary N) is 1. The van der Waals surface area contributed by atoms with E-state index in [4.69, 9.17) is 4.74 Å². The molecule has 1 aromatic carbocycles. The lowest BCUT2D eigenvalue weighted by molar-refractivity contribution is -0.123. The maximum atomic E-state index is 12.6. The average molecular weight is 399 g/mol. The Bertz CT molecular complexity index is 895. The third-order valence-electron chi connectivity index (χ3n) is 5.87. The van der Waals surface area contributed by atoms with Crippen molar-refractivity contribution in [3.63, 3.8) is 0 Å². The molecule has 0 spiro atoms. The smallest absolute Gasteiger partial charge is 0.257 e. The van der Waals surface area contributed by atoms with Crippen LogP contribution in [0.15, 0.2) is 29.1 Å². The zero-order valence-electron chi connectivity index (χ0n) is 18.0. The van der Waals surface area contributed by atoms with Crippen LogP contribution in [0.4, 0.5) is 0 Å². The zero-order valence-corrected chi connectivity index (χ0v) is 18.0. The topological polar surface area (TPSA) is 60.3 Å². The molecule has 1 aliphatic carbocycles. The highest BCUT2D eigenvalue weighted by atomic mass is 16.5. The summed E-state index contributed by atoms with van der Waals surface area (Å²) >= 11 is 0. The second kappa shape index (κ2) is 9.95. The molecule has 5 heteroatoms. The van der Waals surface area contributed by atoms with Gasteiger partial charge in [-0.1, -0.05) is 40.0 Å². The van der Waals surface area contributed by atoms with Crippen LogP contribution in [0, 0.1) is 5.92 Å². The normalized spacial score (nSPS) is 15.0. The first kappa shape index (κ1) is 21.4. The van der Waals surface area contributed by atoms with Gasteiger partial charge in [-0.15, -0.1) is 0 Å². The number of hydrogen-bond donors (Lipinski definition) is 1. The highest BCUT2D eigenvalue weighted by Crippen LogP contribution is 2.27. The van der Waals surface area contributed by atoms with E-state index in [1.807, 2.05) is 18.2 Å². The lowest BCUT2D eigenvalue weighted by atomic mass is 9.89. The van der Waals surface area contributed by atoms with Gasteiger partial charge in [0.2, 0.25) is 0 Å². The third kappa shape index (κ3) is 5.40. The Morgan fingerprint density at radius 3 is 2.66 bits per heavy atom. The van der Waals surface area contributed by atoms with Crippen LogP contribution in [0.3, 0.4) is 0 Å². The van der Waals surface area contributed by atoms with Gasteiger partial charge in [-0.05, 0) is 48.8 Å². The Morgan fingerprint density at radius 1 is 1.21 bits per heavy atom. The van der Waals surface area contributed by atoms with E-state index >= 15 is 0 Å². The number of hydrogen-bond acceptors (Lipinski definition) is 3.